The molecular formula is C12H13N5OS. The average molecular weight is 275 g/mol. The van der Waals surface area contributed by atoms with Gasteiger partial charge < -0.3 is 11.1 Å². The smallest absolute Gasteiger partial charge is 0.160 e. The number of benzene rings is 1. The number of fused-ring (bicyclic) bond motifs is 1. The summed E-state index contributed by atoms with van der Waals surface area (Å²) < 4.78 is 4.74. The maximum atomic E-state index is 5.81. The molecule has 0 aliphatic rings. The molecule has 1 unspecified atom stereocenters. The summed E-state index contributed by atoms with van der Waals surface area (Å²) in [5.74, 6) is 0. The summed E-state index contributed by atoms with van der Waals surface area (Å²) in [6.07, 6.45) is 0. The summed E-state index contributed by atoms with van der Waals surface area (Å²) in [7, 11) is 0. The minimum atomic E-state index is 0.0854. The Hall–Kier alpha value is -2.15. The van der Waals surface area contributed by atoms with E-state index in [-0.39, 0.29) is 6.04 Å². The number of anilines is 2. The van der Waals surface area contributed by atoms with E-state index in [0.717, 1.165) is 16.4 Å². The highest BCUT2D eigenvalue weighted by Gasteiger charge is 2.14. The molecule has 1 aromatic carbocycles. The summed E-state index contributed by atoms with van der Waals surface area (Å²) in [6.45, 7) is 4.03. The molecule has 98 valence electrons. The fourth-order valence-electron chi connectivity index (χ4n) is 1.87. The Kier molecular flexibility index (Phi) is 2.83. The largest absolute Gasteiger partial charge is 0.397 e. The zero-order chi connectivity index (χ0) is 13.4. The monoisotopic (exact) mass is 275 g/mol. The first-order chi connectivity index (χ1) is 9.15. The number of rotatable bonds is 3. The minimum absolute atomic E-state index is 0.0854. The topological polar surface area (TPSA) is 89.9 Å². The molecule has 6 nitrogen and oxygen atoms in total. The Morgan fingerprint density at radius 1 is 1.32 bits per heavy atom. The van der Waals surface area contributed by atoms with Gasteiger partial charge in [-0.2, -0.15) is 0 Å². The third-order valence-electron chi connectivity index (χ3n) is 2.83. The molecule has 3 N–H and O–H groups in total. The van der Waals surface area contributed by atoms with Crippen LogP contribution in [-0.4, -0.2) is 15.3 Å². The van der Waals surface area contributed by atoms with Crippen LogP contribution < -0.4 is 11.1 Å². The average Bonchev–Trinajstić information content (AvgIpc) is 3.01. The van der Waals surface area contributed by atoms with E-state index in [1.54, 1.807) is 17.4 Å². The van der Waals surface area contributed by atoms with Gasteiger partial charge in [-0.3, -0.25) is 0 Å². The first-order valence-corrected chi connectivity index (χ1v) is 6.72. The van der Waals surface area contributed by atoms with Gasteiger partial charge in [-0.1, -0.05) is 0 Å². The lowest BCUT2D eigenvalue weighted by Gasteiger charge is -2.12. The first-order valence-electron chi connectivity index (χ1n) is 5.84. The zero-order valence-corrected chi connectivity index (χ0v) is 11.4. The lowest BCUT2D eigenvalue weighted by Crippen LogP contribution is -2.07. The molecule has 19 heavy (non-hydrogen) atoms. The standard InChI is InChI=1S/C12H13N5OS/c1-6-5-19-12(14-6)7(2)15-9-4-3-8(13)10-11(9)17-18-16-10/h3-5,7,15H,13H2,1-2H3. The molecule has 0 aliphatic carbocycles. The van der Waals surface area contributed by atoms with Crippen LogP contribution in [0.5, 0.6) is 0 Å². The third kappa shape index (κ3) is 2.12. The summed E-state index contributed by atoms with van der Waals surface area (Å²) in [4.78, 5) is 4.46. The number of aryl methyl sites for hydroxylation is 1. The predicted octanol–water partition coefficient (Wildman–Crippen LogP) is 2.74. The van der Waals surface area contributed by atoms with Gasteiger partial charge in [0, 0.05) is 11.1 Å². The Balaban J connectivity index is 1.93. The van der Waals surface area contributed by atoms with Crippen LogP contribution in [0.4, 0.5) is 11.4 Å². The lowest BCUT2D eigenvalue weighted by molar-refractivity contribution is 0.315. The van der Waals surface area contributed by atoms with Crippen LogP contribution in [0.1, 0.15) is 23.7 Å². The minimum Gasteiger partial charge on any atom is -0.397 e. The molecule has 0 saturated heterocycles. The maximum absolute atomic E-state index is 5.81. The van der Waals surface area contributed by atoms with Crippen molar-refractivity contribution < 1.29 is 4.63 Å². The zero-order valence-electron chi connectivity index (χ0n) is 10.5. The molecule has 0 amide bonds. The van der Waals surface area contributed by atoms with Crippen molar-refractivity contribution >= 4 is 33.7 Å². The normalized spacial score (nSPS) is 12.7. The molecule has 3 rings (SSSR count). The van der Waals surface area contributed by atoms with Gasteiger partial charge in [0.25, 0.3) is 0 Å². The summed E-state index contributed by atoms with van der Waals surface area (Å²) in [6, 6.07) is 3.75. The van der Waals surface area contributed by atoms with E-state index >= 15 is 0 Å². The third-order valence-corrected chi connectivity index (χ3v) is 3.97. The van der Waals surface area contributed by atoms with E-state index in [2.05, 4.69) is 20.6 Å². The van der Waals surface area contributed by atoms with Gasteiger partial charge in [0.2, 0.25) is 0 Å². The highest BCUT2D eigenvalue weighted by Crippen LogP contribution is 2.29. The Bertz CT molecular complexity index is 720. The van der Waals surface area contributed by atoms with Crippen LogP contribution in [0.25, 0.3) is 11.0 Å². The van der Waals surface area contributed by atoms with E-state index in [0.29, 0.717) is 16.7 Å². The first kappa shape index (κ1) is 11.9. The molecule has 1 atom stereocenters. The molecule has 0 radical (unpaired) electrons. The van der Waals surface area contributed by atoms with E-state index in [1.165, 1.54) is 0 Å². The van der Waals surface area contributed by atoms with Crippen molar-refractivity contribution in [2.45, 2.75) is 19.9 Å². The van der Waals surface area contributed by atoms with Crippen molar-refractivity contribution in [1.82, 2.24) is 15.3 Å². The molecule has 7 heteroatoms. The molecular weight excluding hydrogens is 262 g/mol. The predicted molar refractivity (Wildman–Crippen MR) is 75.1 cm³/mol. The van der Waals surface area contributed by atoms with Crippen molar-refractivity contribution in [2.75, 3.05) is 11.1 Å². The van der Waals surface area contributed by atoms with Crippen LogP contribution >= 0.6 is 11.3 Å². The number of nitrogens with two attached hydrogens (primary N) is 1. The van der Waals surface area contributed by atoms with Crippen molar-refractivity contribution in [2.24, 2.45) is 0 Å². The van der Waals surface area contributed by atoms with Crippen molar-refractivity contribution in [3.05, 3.63) is 28.2 Å². The van der Waals surface area contributed by atoms with Gasteiger partial charge in [0.15, 0.2) is 11.0 Å². The van der Waals surface area contributed by atoms with Crippen molar-refractivity contribution in [3.63, 3.8) is 0 Å². The van der Waals surface area contributed by atoms with Crippen LogP contribution in [0, 0.1) is 6.92 Å². The Labute approximate surface area is 113 Å². The quantitative estimate of drug-likeness (QED) is 0.714. The molecule has 2 aromatic heterocycles. The summed E-state index contributed by atoms with van der Waals surface area (Å²) in [5, 5.41) is 14.1. The number of hydrogen-bond donors (Lipinski definition) is 2. The molecule has 0 bridgehead atoms. The molecule has 0 aliphatic heterocycles. The molecule has 0 spiro atoms. The summed E-state index contributed by atoms with van der Waals surface area (Å²) >= 11 is 1.63. The molecule has 3 aromatic rings. The maximum Gasteiger partial charge on any atom is 0.160 e. The van der Waals surface area contributed by atoms with Crippen LogP contribution in [0.2, 0.25) is 0 Å². The molecule has 2 heterocycles. The number of nitrogens with one attached hydrogen (secondary N) is 1. The van der Waals surface area contributed by atoms with Gasteiger partial charge in [0.1, 0.15) is 5.01 Å². The Morgan fingerprint density at radius 2 is 2.11 bits per heavy atom. The van der Waals surface area contributed by atoms with Crippen molar-refractivity contribution in [3.8, 4) is 0 Å². The second-order valence-corrected chi connectivity index (χ2v) is 5.25. The van der Waals surface area contributed by atoms with Crippen LogP contribution in [-0.2, 0) is 0 Å². The summed E-state index contributed by atoms with van der Waals surface area (Å²) in [5.41, 5.74) is 9.45. The van der Waals surface area contributed by atoms with Crippen LogP contribution in [0.3, 0.4) is 0 Å². The Morgan fingerprint density at radius 3 is 2.84 bits per heavy atom. The van der Waals surface area contributed by atoms with E-state index in [9.17, 15) is 0 Å². The van der Waals surface area contributed by atoms with Crippen LogP contribution in [0.15, 0.2) is 22.1 Å². The fraction of sp³-hybridized carbons (Fsp3) is 0.250. The lowest BCUT2D eigenvalue weighted by atomic mass is 10.2. The molecule has 0 fully saturated rings. The van der Waals surface area contributed by atoms with Gasteiger partial charge in [-0.15, -0.1) is 11.3 Å². The van der Waals surface area contributed by atoms with E-state index < -0.39 is 0 Å². The second kappa shape index (κ2) is 4.51. The highest BCUT2D eigenvalue weighted by molar-refractivity contribution is 7.09. The van der Waals surface area contributed by atoms with Gasteiger partial charge >= 0.3 is 0 Å². The number of nitrogens with zero attached hydrogens (tertiary/aromatic N) is 3. The number of nitrogen functional groups attached to an aromatic ring is 1. The number of aromatic nitrogens is 3. The number of hydrogen-bond acceptors (Lipinski definition) is 7. The van der Waals surface area contributed by atoms with Gasteiger partial charge in [0.05, 0.1) is 17.4 Å². The van der Waals surface area contributed by atoms with Crippen molar-refractivity contribution in [1.29, 1.82) is 0 Å². The van der Waals surface area contributed by atoms with E-state index in [4.69, 9.17) is 10.4 Å². The fourth-order valence-corrected chi connectivity index (χ4v) is 2.67. The van der Waals surface area contributed by atoms with E-state index in [1.807, 2.05) is 25.3 Å². The SMILES string of the molecule is Cc1csc(C(C)Nc2ccc(N)c3nonc23)n1. The molecule has 0 saturated carbocycles. The van der Waals surface area contributed by atoms with Gasteiger partial charge in [-0.25, -0.2) is 9.61 Å². The van der Waals surface area contributed by atoms with Gasteiger partial charge in [-0.05, 0) is 36.3 Å². The second-order valence-electron chi connectivity index (χ2n) is 4.36. The highest BCUT2D eigenvalue weighted by atomic mass is 32.1. The number of thiazole rings is 1.